The molecule has 1 aromatic carbocycles. The average molecular weight is 292 g/mol. The molecule has 1 aliphatic heterocycles. The molecule has 0 saturated carbocycles. The SMILES string of the molecule is Cc1ccccc1NC(=O)c1c[nH]c2c1-c1nccn1CC2. The van der Waals surface area contributed by atoms with E-state index in [2.05, 4.69) is 19.9 Å². The van der Waals surface area contributed by atoms with Gasteiger partial charge in [0.15, 0.2) is 0 Å². The molecule has 0 unspecified atom stereocenters. The highest BCUT2D eigenvalue weighted by Gasteiger charge is 2.25. The molecule has 110 valence electrons. The Labute approximate surface area is 128 Å². The first-order chi connectivity index (χ1) is 10.7. The molecule has 22 heavy (non-hydrogen) atoms. The third-order valence-electron chi connectivity index (χ3n) is 4.14. The molecule has 0 spiro atoms. The van der Waals surface area contributed by atoms with Gasteiger partial charge in [0.1, 0.15) is 5.82 Å². The first-order valence-corrected chi connectivity index (χ1v) is 7.33. The molecule has 1 amide bonds. The summed E-state index contributed by atoms with van der Waals surface area (Å²) in [7, 11) is 0. The Hall–Kier alpha value is -2.82. The minimum absolute atomic E-state index is 0.108. The fourth-order valence-electron chi connectivity index (χ4n) is 2.95. The predicted octanol–water partition coefficient (Wildman–Crippen LogP) is 3.00. The summed E-state index contributed by atoms with van der Waals surface area (Å²) >= 11 is 0. The second-order valence-electron chi connectivity index (χ2n) is 5.52. The lowest BCUT2D eigenvalue weighted by Crippen LogP contribution is -2.16. The number of amides is 1. The summed E-state index contributed by atoms with van der Waals surface area (Å²) in [4.78, 5) is 20.3. The van der Waals surface area contributed by atoms with Crippen molar-refractivity contribution in [1.82, 2.24) is 14.5 Å². The average Bonchev–Trinajstić information content (AvgIpc) is 3.14. The molecule has 0 atom stereocenters. The van der Waals surface area contributed by atoms with Crippen LogP contribution in [0.15, 0.2) is 42.9 Å². The van der Waals surface area contributed by atoms with Crippen molar-refractivity contribution < 1.29 is 4.79 Å². The molecule has 5 heteroatoms. The Bertz CT molecular complexity index is 859. The van der Waals surface area contributed by atoms with Crippen molar-refractivity contribution in [3.05, 3.63) is 59.7 Å². The summed E-state index contributed by atoms with van der Waals surface area (Å²) in [5, 5.41) is 2.99. The number of nitrogens with one attached hydrogen (secondary N) is 2. The fraction of sp³-hybridized carbons (Fsp3) is 0.176. The lowest BCUT2D eigenvalue weighted by Gasteiger charge is -2.16. The largest absolute Gasteiger partial charge is 0.364 e. The quantitative estimate of drug-likeness (QED) is 0.762. The van der Waals surface area contributed by atoms with Gasteiger partial charge in [0, 0.05) is 42.9 Å². The van der Waals surface area contributed by atoms with E-state index < -0.39 is 0 Å². The van der Waals surface area contributed by atoms with Crippen LogP contribution in [0.5, 0.6) is 0 Å². The van der Waals surface area contributed by atoms with Crippen LogP contribution >= 0.6 is 0 Å². The maximum Gasteiger partial charge on any atom is 0.257 e. The summed E-state index contributed by atoms with van der Waals surface area (Å²) in [6.07, 6.45) is 6.40. The van der Waals surface area contributed by atoms with Crippen molar-refractivity contribution in [3.8, 4) is 11.4 Å². The van der Waals surface area contributed by atoms with Crippen molar-refractivity contribution in [2.75, 3.05) is 5.32 Å². The summed E-state index contributed by atoms with van der Waals surface area (Å²) < 4.78 is 2.08. The van der Waals surface area contributed by atoms with Crippen LogP contribution in [0, 0.1) is 6.92 Å². The molecule has 3 aromatic rings. The van der Waals surface area contributed by atoms with Crippen molar-refractivity contribution in [2.24, 2.45) is 0 Å². The van der Waals surface area contributed by atoms with Gasteiger partial charge in [0.05, 0.1) is 11.1 Å². The van der Waals surface area contributed by atoms with E-state index in [4.69, 9.17) is 0 Å². The first kappa shape index (κ1) is 12.9. The summed E-state index contributed by atoms with van der Waals surface area (Å²) in [5.41, 5.74) is 4.52. The third-order valence-corrected chi connectivity index (χ3v) is 4.14. The van der Waals surface area contributed by atoms with Gasteiger partial charge in [-0.3, -0.25) is 4.79 Å². The Morgan fingerprint density at radius 1 is 1.36 bits per heavy atom. The molecular weight excluding hydrogens is 276 g/mol. The van der Waals surface area contributed by atoms with E-state index in [1.54, 1.807) is 12.4 Å². The Kier molecular flexibility index (Phi) is 2.85. The van der Waals surface area contributed by atoms with Gasteiger partial charge < -0.3 is 14.9 Å². The maximum absolute atomic E-state index is 12.7. The highest BCUT2D eigenvalue weighted by molar-refractivity contribution is 6.09. The van der Waals surface area contributed by atoms with E-state index >= 15 is 0 Å². The number of H-pyrrole nitrogens is 1. The summed E-state index contributed by atoms with van der Waals surface area (Å²) in [5.74, 6) is 0.751. The summed E-state index contributed by atoms with van der Waals surface area (Å²) in [6, 6.07) is 7.77. The predicted molar refractivity (Wildman–Crippen MR) is 84.8 cm³/mol. The Morgan fingerprint density at radius 3 is 3.09 bits per heavy atom. The van der Waals surface area contributed by atoms with Crippen LogP contribution < -0.4 is 5.32 Å². The standard InChI is InChI=1S/C17H16N4O/c1-11-4-2-3-5-13(11)20-17(22)12-10-19-14-6-8-21-9-7-18-16(21)15(12)14/h2-5,7,9-10,19H,6,8H2,1H3,(H,20,22). The van der Waals surface area contributed by atoms with Gasteiger partial charge in [0.25, 0.3) is 5.91 Å². The molecule has 2 N–H and O–H groups in total. The number of para-hydroxylation sites is 1. The van der Waals surface area contributed by atoms with Gasteiger partial charge in [-0.2, -0.15) is 0 Å². The molecule has 0 fully saturated rings. The van der Waals surface area contributed by atoms with Crippen LogP contribution in [0.3, 0.4) is 0 Å². The van der Waals surface area contributed by atoms with E-state index in [0.717, 1.165) is 41.3 Å². The minimum atomic E-state index is -0.108. The van der Waals surface area contributed by atoms with Crippen LogP contribution in [-0.2, 0) is 13.0 Å². The Morgan fingerprint density at radius 2 is 2.23 bits per heavy atom. The molecule has 0 saturated heterocycles. The monoisotopic (exact) mass is 292 g/mol. The lowest BCUT2D eigenvalue weighted by molar-refractivity contribution is 0.102. The zero-order valence-electron chi connectivity index (χ0n) is 12.3. The molecule has 0 bridgehead atoms. The van der Waals surface area contributed by atoms with E-state index in [-0.39, 0.29) is 5.91 Å². The van der Waals surface area contributed by atoms with Gasteiger partial charge >= 0.3 is 0 Å². The first-order valence-electron chi connectivity index (χ1n) is 7.33. The van der Waals surface area contributed by atoms with Crippen LogP contribution in [0.1, 0.15) is 21.6 Å². The van der Waals surface area contributed by atoms with Crippen molar-refractivity contribution >= 4 is 11.6 Å². The second-order valence-corrected chi connectivity index (χ2v) is 5.52. The van der Waals surface area contributed by atoms with Gasteiger partial charge in [-0.1, -0.05) is 18.2 Å². The van der Waals surface area contributed by atoms with E-state index in [1.807, 2.05) is 37.4 Å². The smallest absolute Gasteiger partial charge is 0.257 e. The van der Waals surface area contributed by atoms with Gasteiger partial charge in [-0.15, -0.1) is 0 Å². The number of fused-ring (bicyclic) bond motifs is 3. The van der Waals surface area contributed by atoms with Gasteiger partial charge in [-0.25, -0.2) is 4.98 Å². The molecule has 4 rings (SSSR count). The fourth-order valence-corrected chi connectivity index (χ4v) is 2.95. The number of hydrogen-bond acceptors (Lipinski definition) is 2. The number of benzene rings is 1. The number of aromatic amines is 1. The lowest BCUT2D eigenvalue weighted by atomic mass is 10.0. The number of anilines is 1. The van der Waals surface area contributed by atoms with Crippen molar-refractivity contribution in [1.29, 1.82) is 0 Å². The van der Waals surface area contributed by atoms with E-state index in [0.29, 0.717) is 5.56 Å². The van der Waals surface area contributed by atoms with Gasteiger partial charge in [-0.05, 0) is 18.6 Å². The number of hydrogen-bond donors (Lipinski definition) is 2. The summed E-state index contributed by atoms with van der Waals surface area (Å²) in [6.45, 7) is 2.87. The van der Waals surface area contributed by atoms with Crippen LogP contribution in [0.4, 0.5) is 5.69 Å². The molecule has 2 aromatic heterocycles. The van der Waals surface area contributed by atoms with Crippen molar-refractivity contribution in [2.45, 2.75) is 19.9 Å². The number of carbonyl (C=O) groups is 1. The topological polar surface area (TPSA) is 62.7 Å². The van der Waals surface area contributed by atoms with Crippen LogP contribution in [0.25, 0.3) is 11.4 Å². The molecular formula is C17H16N4O. The molecule has 3 heterocycles. The molecule has 5 nitrogen and oxygen atoms in total. The normalized spacial score (nSPS) is 12.6. The number of imidazole rings is 1. The number of nitrogens with zero attached hydrogens (tertiary/aromatic N) is 2. The number of aromatic nitrogens is 3. The Balaban J connectivity index is 1.72. The molecule has 0 aliphatic carbocycles. The molecule has 1 aliphatic rings. The maximum atomic E-state index is 12.7. The highest BCUT2D eigenvalue weighted by atomic mass is 16.1. The van der Waals surface area contributed by atoms with Gasteiger partial charge in [0.2, 0.25) is 0 Å². The zero-order valence-corrected chi connectivity index (χ0v) is 12.3. The number of aryl methyl sites for hydroxylation is 3. The third kappa shape index (κ3) is 1.94. The van der Waals surface area contributed by atoms with E-state index in [9.17, 15) is 4.79 Å². The number of rotatable bonds is 2. The highest BCUT2D eigenvalue weighted by Crippen LogP contribution is 2.31. The second kappa shape index (κ2) is 4.87. The van der Waals surface area contributed by atoms with Crippen molar-refractivity contribution in [3.63, 3.8) is 0 Å². The zero-order chi connectivity index (χ0) is 15.1. The number of carbonyl (C=O) groups excluding carboxylic acids is 1. The van der Waals surface area contributed by atoms with Crippen LogP contribution in [-0.4, -0.2) is 20.4 Å². The minimum Gasteiger partial charge on any atom is -0.364 e. The van der Waals surface area contributed by atoms with Crippen LogP contribution in [0.2, 0.25) is 0 Å². The molecule has 0 radical (unpaired) electrons. The van der Waals surface area contributed by atoms with E-state index in [1.165, 1.54) is 0 Å².